The van der Waals surface area contributed by atoms with Gasteiger partial charge in [-0.15, -0.1) is 0 Å². The maximum Gasteiger partial charge on any atom is 0.154 e. The fraction of sp³-hybridized carbons (Fsp3) is 0.636. The van der Waals surface area contributed by atoms with Gasteiger partial charge in [0.05, 0.1) is 6.54 Å². The van der Waals surface area contributed by atoms with Gasteiger partial charge >= 0.3 is 0 Å². The van der Waals surface area contributed by atoms with Crippen LogP contribution in [0.25, 0.3) is 0 Å². The minimum atomic E-state index is 0.292. The van der Waals surface area contributed by atoms with Crippen LogP contribution in [-0.4, -0.2) is 18.0 Å². The molecule has 0 aromatic rings. The third kappa shape index (κ3) is 2.06. The van der Waals surface area contributed by atoms with E-state index in [2.05, 4.69) is 11.1 Å². The molecule has 1 heterocycles. The highest BCUT2D eigenvalue weighted by Gasteiger charge is 2.15. The first-order valence-corrected chi connectivity index (χ1v) is 5.11. The summed E-state index contributed by atoms with van der Waals surface area (Å²) in [7, 11) is 0. The van der Waals surface area contributed by atoms with Crippen LogP contribution >= 0.6 is 0 Å². The van der Waals surface area contributed by atoms with E-state index in [1.165, 1.54) is 37.0 Å². The van der Waals surface area contributed by atoms with Crippen molar-refractivity contribution in [1.82, 2.24) is 0 Å². The minimum absolute atomic E-state index is 0.292. The first kappa shape index (κ1) is 8.67. The molecule has 70 valence electrons. The summed E-state index contributed by atoms with van der Waals surface area (Å²) >= 11 is 0. The molecule has 0 N–H and O–H groups in total. The van der Waals surface area contributed by atoms with E-state index in [9.17, 15) is 4.79 Å². The maximum atomic E-state index is 11.0. The summed E-state index contributed by atoms with van der Waals surface area (Å²) in [5.41, 5.74) is 2.62. The highest BCUT2D eigenvalue weighted by Crippen LogP contribution is 2.22. The summed E-state index contributed by atoms with van der Waals surface area (Å²) in [6.45, 7) is 0.423. The van der Waals surface area contributed by atoms with Crippen molar-refractivity contribution >= 4 is 11.5 Å². The molecule has 0 radical (unpaired) electrons. The summed E-state index contributed by atoms with van der Waals surface area (Å²) in [6.07, 6.45) is 8.86. The lowest BCUT2D eigenvalue weighted by Gasteiger charge is -2.17. The summed E-state index contributed by atoms with van der Waals surface area (Å²) in [5.74, 6) is 0.292. The molecule has 2 rings (SSSR count). The molecular weight excluding hydrogens is 162 g/mol. The molecule has 0 amide bonds. The number of Topliss-reactive ketones (excluding diaryl/α,β-unsaturated/α-hetero) is 1. The summed E-state index contributed by atoms with van der Waals surface area (Å²) < 4.78 is 0. The molecule has 0 fully saturated rings. The van der Waals surface area contributed by atoms with Crippen LogP contribution in [0, 0.1) is 0 Å². The van der Waals surface area contributed by atoms with Crippen molar-refractivity contribution in [2.24, 2.45) is 4.99 Å². The zero-order chi connectivity index (χ0) is 9.10. The molecule has 13 heavy (non-hydrogen) atoms. The summed E-state index contributed by atoms with van der Waals surface area (Å²) in [5, 5.41) is 0. The van der Waals surface area contributed by atoms with Gasteiger partial charge in [0.2, 0.25) is 0 Å². The average Bonchev–Trinajstić information content (AvgIpc) is 2.20. The Labute approximate surface area is 78.7 Å². The Morgan fingerprint density at radius 1 is 1.15 bits per heavy atom. The smallest absolute Gasteiger partial charge is 0.154 e. The highest BCUT2D eigenvalue weighted by molar-refractivity contribution is 6.05. The van der Waals surface area contributed by atoms with E-state index in [1.807, 2.05) is 0 Å². The van der Waals surface area contributed by atoms with E-state index in [1.54, 1.807) is 0 Å². The molecular formula is C11H15NO. The second-order valence-corrected chi connectivity index (χ2v) is 3.78. The molecule has 2 aliphatic rings. The zero-order valence-electron chi connectivity index (χ0n) is 7.88. The number of ketones is 1. The van der Waals surface area contributed by atoms with Gasteiger partial charge in [-0.25, -0.2) is 0 Å². The van der Waals surface area contributed by atoms with E-state index in [4.69, 9.17) is 0 Å². The normalized spacial score (nSPS) is 23.8. The SMILES string of the molecule is O=C1CCC(C2=CCCCC2)=NC1. The molecule has 0 atom stereocenters. The van der Waals surface area contributed by atoms with Crippen LogP contribution in [0.4, 0.5) is 0 Å². The quantitative estimate of drug-likeness (QED) is 0.604. The fourth-order valence-corrected chi connectivity index (χ4v) is 1.96. The molecule has 0 saturated carbocycles. The largest absolute Gasteiger partial charge is 0.298 e. The third-order valence-electron chi connectivity index (χ3n) is 2.75. The molecule has 0 aromatic heterocycles. The van der Waals surface area contributed by atoms with E-state index in [0.29, 0.717) is 18.7 Å². The van der Waals surface area contributed by atoms with Crippen LogP contribution in [0.3, 0.4) is 0 Å². The van der Waals surface area contributed by atoms with Gasteiger partial charge in [0.15, 0.2) is 5.78 Å². The second kappa shape index (κ2) is 3.86. The predicted octanol–water partition coefficient (Wildman–Crippen LogP) is 2.29. The molecule has 0 bridgehead atoms. The van der Waals surface area contributed by atoms with Crippen molar-refractivity contribution in [3.63, 3.8) is 0 Å². The van der Waals surface area contributed by atoms with Crippen LogP contribution in [0.15, 0.2) is 16.6 Å². The predicted molar refractivity (Wildman–Crippen MR) is 53.1 cm³/mol. The lowest BCUT2D eigenvalue weighted by molar-refractivity contribution is -0.117. The van der Waals surface area contributed by atoms with Crippen molar-refractivity contribution in [3.05, 3.63) is 11.6 Å². The van der Waals surface area contributed by atoms with Crippen molar-refractivity contribution in [2.45, 2.75) is 38.5 Å². The number of nitrogens with zero attached hydrogens (tertiary/aromatic N) is 1. The lowest BCUT2D eigenvalue weighted by Crippen LogP contribution is -2.17. The Morgan fingerprint density at radius 3 is 2.69 bits per heavy atom. The molecule has 1 aliphatic heterocycles. The van der Waals surface area contributed by atoms with E-state index >= 15 is 0 Å². The topological polar surface area (TPSA) is 29.4 Å². The monoisotopic (exact) mass is 177 g/mol. The Balaban J connectivity index is 2.08. The van der Waals surface area contributed by atoms with Crippen molar-refractivity contribution in [3.8, 4) is 0 Å². The number of aliphatic imine (C=N–C) groups is 1. The molecule has 2 nitrogen and oxygen atoms in total. The number of rotatable bonds is 1. The minimum Gasteiger partial charge on any atom is -0.298 e. The lowest BCUT2D eigenvalue weighted by atomic mass is 9.92. The van der Waals surface area contributed by atoms with Crippen LogP contribution < -0.4 is 0 Å². The van der Waals surface area contributed by atoms with Crippen molar-refractivity contribution in [1.29, 1.82) is 0 Å². The molecule has 2 heteroatoms. The van der Waals surface area contributed by atoms with Crippen LogP contribution in [-0.2, 0) is 4.79 Å². The van der Waals surface area contributed by atoms with Gasteiger partial charge in [-0.1, -0.05) is 6.08 Å². The molecule has 1 aliphatic carbocycles. The second-order valence-electron chi connectivity index (χ2n) is 3.78. The average molecular weight is 177 g/mol. The van der Waals surface area contributed by atoms with Crippen molar-refractivity contribution < 1.29 is 4.79 Å². The van der Waals surface area contributed by atoms with Gasteiger partial charge in [0, 0.05) is 12.1 Å². The summed E-state index contributed by atoms with van der Waals surface area (Å²) in [4.78, 5) is 15.3. The molecule has 0 unspecified atom stereocenters. The number of hydrogen-bond donors (Lipinski definition) is 0. The first-order valence-electron chi connectivity index (χ1n) is 5.11. The zero-order valence-corrected chi connectivity index (χ0v) is 7.88. The Hall–Kier alpha value is -0.920. The Morgan fingerprint density at radius 2 is 2.08 bits per heavy atom. The van der Waals surface area contributed by atoms with Gasteiger partial charge in [-0.05, 0) is 37.7 Å². The van der Waals surface area contributed by atoms with Crippen molar-refractivity contribution in [2.75, 3.05) is 6.54 Å². The Bertz CT molecular complexity index is 276. The van der Waals surface area contributed by atoms with Crippen LogP contribution in [0.5, 0.6) is 0 Å². The van der Waals surface area contributed by atoms with E-state index < -0.39 is 0 Å². The van der Waals surface area contributed by atoms with E-state index in [0.717, 1.165) is 6.42 Å². The van der Waals surface area contributed by atoms with Gasteiger partial charge in [-0.2, -0.15) is 0 Å². The molecule has 0 spiro atoms. The standard InChI is InChI=1S/C11H15NO/c13-10-6-7-11(12-8-10)9-4-2-1-3-5-9/h4H,1-3,5-8H2. The summed E-state index contributed by atoms with van der Waals surface area (Å²) in [6, 6.07) is 0. The molecule has 0 aromatic carbocycles. The van der Waals surface area contributed by atoms with Gasteiger partial charge in [0.25, 0.3) is 0 Å². The van der Waals surface area contributed by atoms with Crippen LogP contribution in [0.2, 0.25) is 0 Å². The van der Waals surface area contributed by atoms with E-state index in [-0.39, 0.29) is 0 Å². The first-order chi connectivity index (χ1) is 6.36. The number of carbonyl (C=O) groups is 1. The highest BCUT2D eigenvalue weighted by atomic mass is 16.1. The number of allylic oxidation sites excluding steroid dienone is 2. The molecule has 0 saturated heterocycles. The van der Waals surface area contributed by atoms with Gasteiger partial charge in [0.1, 0.15) is 0 Å². The van der Waals surface area contributed by atoms with Gasteiger partial charge < -0.3 is 0 Å². The fourth-order valence-electron chi connectivity index (χ4n) is 1.96. The van der Waals surface area contributed by atoms with Crippen LogP contribution in [0.1, 0.15) is 38.5 Å². The maximum absolute atomic E-state index is 11.0. The Kier molecular flexibility index (Phi) is 2.57. The third-order valence-corrected chi connectivity index (χ3v) is 2.75. The number of hydrogen-bond acceptors (Lipinski definition) is 2. The van der Waals surface area contributed by atoms with Gasteiger partial charge in [-0.3, -0.25) is 9.79 Å². The number of carbonyl (C=O) groups excluding carboxylic acids is 1.